The van der Waals surface area contributed by atoms with Gasteiger partial charge in [0.05, 0.1) is 11.7 Å². The van der Waals surface area contributed by atoms with Crippen LogP contribution in [0.2, 0.25) is 0 Å². The van der Waals surface area contributed by atoms with E-state index in [1.165, 1.54) is 0 Å². The van der Waals surface area contributed by atoms with Gasteiger partial charge in [-0.2, -0.15) is 0 Å². The summed E-state index contributed by atoms with van der Waals surface area (Å²) >= 11 is 3.45. The van der Waals surface area contributed by atoms with E-state index >= 15 is 0 Å². The van der Waals surface area contributed by atoms with Gasteiger partial charge in [-0.3, -0.25) is 19.3 Å². The highest BCUT2D eigenvalue weighted by Gasteiger charge is 2.38. The third-order valence-electron chi connectivity index (χ3n) is 8.95. The highest BCUT2D eigenvalue weighted by atomic mass is 79.9. The molecule has 10 heteroatoms. The summed E-state index contributed by atoms with van der Waals surface area (Å²) in [7, 11) is 0. The number of halogens is 1. The van der Waals surface area contributed by atoms with Crippen molar-refractivity contribution in [2.24, 2.45) is 0 Å². The number of carbonyl (C=O) groups is 3. The van der Waals surface area contributed by atoms with E-state index < -0.39 is 5.54 Å². The Bertz CT molecular complexity index is 1480. The number of anilines is 1. The number of amides is 2. The first kappa shape index (κ1) is 31.1. The first-order chi connectivity index (χ1) is 20.5. The monoisotopic (exact) mass is 648 g/mol. The number of hydrogen-bond acceptors (Lipinski definition) is 6. The summed E-state index contributed by atoms with van der Waals surface area (Å²) in [5.74, 6) is 0.237. The SMILES string of the molecule is Cc1cc(C)c(C(=O)CCCC(=O)N2CCN(C(C)(C)c3cn(C4CCN(c5ccc(Br)cc5)C4=O)nn3)CC2)c(C)c1. The zero-order valence-corrected chi connectivity index (χ0v) is 27.4. The third kappa shape index (κ3) is 6.60. The molecule has 43 heavy (non-hydrogen) atoms. The van der Waals surface area contributed by atoms with Crippen LogP contribution < -0.4 is 4.90 Å². The Morgan fingerprint density at radius 2 is 1.60 bits per heavy atom. The average Bonchev–Trinajstić information content (AvgIpc) is 3.60. The summed E-state index contributed by atoms with van der Waals surface area (Å²) in [6, 6.07) is 11.5. The predicted molar refractivity (Wildman–Crippen MR) is 170 cm³/mol. The molecular weight excluding hydrogens is 608 g/mol. The minimum Gasteiger partial charge on any atom is -0.340 e. The fourth-order valence-corrected chi connectivity index (χ4v) is 6.74. The number of benzene rings is 2. The van der Waals surface area contributed by atoms with Crippen LogP contribution >= 0.6 is 15.9 Å². The van der Waals surface area contributed by atoms with E-state index in [0.29, 0.717) is 58.4 Å². The Balaban J connectivity index is 1.12. The molecule has 2 aromatic carbocycles. The maximum Gasteiger partial charge on any atom is 0.251 e. The van der Waals surface area contributed by atoms with Gasteiger partial charge in [0.15, 0.2) is 5.78 Å². The van der Waals surface area contributed by atoms with Crippen molar-refractivity contribution in [3.05, 3.63) is 75.0 Å². The molecule has 228 valence electrons. The number of hydrogen-bond donors (Lipinski definition) is 0. The molecule has 1 atom stereocenters. The molecule has 2 fully saturated rings. The van der Waals surface area contributed by atoms with Gasteiger partial charge >= 0.3 is 0 Å². The molecule has 3 aromatic rings. The standard InChI is InChI=1S/C33H41BrN6O3/c1-22-19-23(2)31(24(3)20-22)28(41)7-6-8-30(42)37-15-17-38(18-16-37)33(4,5)29-21-40(36-35-29)27-13-14-39(32(27)43)26-11-9-25(34)10-12-26/h9-12,19-21,27H,6-8,13-18H2,1-5H3. The van der Waals surface area contributed by atoms with Crippen molar-refractivity contribution in [2.75, 3.05) is 37.6 Å². The second kappa shape index (κ2) is 12.7. The number of nitrogens with zero attached hydrogens (tertiary/aromatic N) is 6. The minimum atomic E-state index is -0.406. The van der Waals surface area contributed by atoms with Crippen LogP contribution in [0.15, 0.2) is 47.1 Å². The lowest BCUT2D eigenvalue weighted by Crippen LogP contribution is -2.54. The molecular formula is C33H41BrN6O3. The quantitative estimate of drug-likeness (QED) is 0.290. The van der Waals surface area contributed by atoms with Crippen molar-refractivity contribution >= 4 is 39.2 Å². The second-order valence-corrected chi connectivity index (χ2v) is 13.2. The van der Waals surface area contributed by atoms with Crippen molar-refractivity contribution in [3.63, 3.8) is 0 Å². The molecule has 1 unspecified atom stereocenters. The largest absolute Gasteiger partial charge is 0.340 e. The summed E-state index contributed by atoms with van der Waals surface area (Å²) in [4.78, 5) is 45.1. The molecule has 3 heterocycles. The molecule has 2 aliphatic heterocycles. The van der Waals surface area contributed by atoms with Gasteiger partial charge in [0.25, 0.3) is 5.91 Å². The number of piperazine rings is 1. The molecule has 2 amide bonds. The second-order valence-electron chi connectivity index (χ2n) is 12.3. The fourth-order valence-electron chi connectivity index (χ4n) is 6.48. The molecule has 1 aromatic heterocycles. The van der Waals surface area contributed by atoms with Gasteiger partial charge in [-0.1, -0.05) is 38.8 Å². The Kier molecular flexibility index (Phi) is 9.18. The van der Waals surface area contributed by atoms with Crippen LogP contribution in [-0.2, 0) is 15.1 Å². The van der Waals surface area contributed by atoms with E-state index in [9.17, 15) is 14.4 Å². The minimum absolute atomic E-state index is 0.0227. The van der Waals surface area contributed by atoms with Gasteiger partial charge in [0.2, 0.25) is 5.91 Å². The Labute approximate surface area is 262 Å². The molecule has 0 spiro atoms. The van der Waals surface area contributed by atoms with Crippen molar-refractivity contribution in [2.45, 2.75) is 71.9 Å². The normalized spacial score (nSPS) is 18.0. The van der Waals surface area contributed by atoms with E-state index in [1.54, 1.807) is 9.58 Å². The first-order valence-corrected chi connectivity index (χ1v) is 15.9. The molecule has 5 rings (SSSR count). The van der Waals surface area contributed by atoms with Crippen LogP contribution in [0.4, 0.5) is 5.69 Å². The molecule has 0 bridgehead atoms. The van der Waals surface area contributed by atoms with Gasteiger partial charge in [-0.25, -0.2) is 4.68 Å². The lowest BCUT2D eigenvalue weighted by atomic mass is 9.94. The fraction of sp³-hybridized carbons (Fsp3) is 0.485. The number of carbonyl (C=O) groups excluding carboxylic acids is 3. The number of ketones is 1. The van der Waals surface area contributed by atoms with E-state index in [-0.39, 0.29) is 23.6 Å². The Morgan fingerprint density at radius 1 is 0.953 bits per heavy atom. The van der Waals surface area contributed by atoms with Crippen LogP contribution in [0.25, 0.3) is 0 Å². The maximum absolute atomic E-state index is 13.2. The van der Waals surface area contributed by atoms with Crippen molar-refractivity contribution < 1.29 is 14.4 Å². The molecule has 0 radical (unpaired) electrons. The molecule has 0 aliphatic carbocycles. The topological polar surface area (TPSA) is 91.6 Å². The summed E-state index contributed by atoms with van der Waals surface area (Å²) in [5, 5.41) is 8.86. The maximum atomic E-state index is 13.2. The van der Waals surface area contributed by atoms with Crippen molar-refractivity contribution in [1.82, 2.24) is 24.8 Å². The molecule has 9 nitrogen and oxygen atoms in total. The predicted octanol–water partition coefficient (Wildman–Crippen LogP) is 5.38. The van der Waals surface area contributed by atoms with Crippen LogP contribution in [-0.4, -0.2) is 75.1 Å². The lowest BCUT2D eigenvalue weighted by molar-refractivity contribution is -0.134. The lowest BCUT2D eigenvalue weighted by Gasteiger charge is -2.43. The van der Waals surface area contributed by atoms with Gasteiger partial charge in [-0.15, -0.1) is 5.10 Å². The van der Waals surface area contributed by atoms with Gasteiger partial charge in [0.1, 0.15) is 11.7 Å². The molecule has 2 aliphatic rings. The van der Waals surface area contributed by atoms with E-state index in [2.05, 4.69) is 45.0 Å². The smallest absolute Gasteiger partial charge is 0.251 e. The number of rotatable bonds is 9. The molecule has 2 saturated heterocycles. The Morgan fingerprint density at radius 3 is 2.26 bits per heavy atom. The van der Waals surface area contributed by atoms with Gasteiger partial charge < -0.3 is 9.80 Å². The van der Waals surface area contributed by atoms with E-state index in [1.807, 2.05) is 68.3 Å². The molecule has 0 saturated carbocycles. The molecule has 0 N–H and O–H groups in total. The van der Waals surface area contributed by atoms with Gasteiger partial charge in [0, 0.05) is 61.3 Å². The summed E-state index contributed by atoms with van der Waals surface area (Å²) < 4.78 is 2.68. The number of aromatic nitrogens is 3. The number of aryl methyl sites for hydroxylation is 3. The van der Waals surface area contributed by atoms with Crippen molar-refractivity contribution in [3.8, 4) is 0 Å². The summed E-state index contributed by atoms with van der Waals surface area (Å²) in [6.07, 6.45) is 3.89. The van der Waals surface area contributed by atoms with Crippen LogP contribution in [0.3, 0.4) is 0 Å². The highest BCUT2D eigenvalue weighted by molar-refractivity contribution is 9.10. The summed E-state index contributed by atoms with van der Waals surface area (Å²) in [5.41, 5.74) is 5.24. The van der Waals surface area contributed by atoms with E-state index in [4.69, 9.17) is 0 Å². The van der Waals surface area contributed by atoms with Gasteiger partial charge in [-0.05, 0) is 82.9 Å². The number of Topliss-reactive ketones (excluding diaryl/α,β-unsaturated/α-hetero) is 1. The first-order valence-electron chi connectivity index (χ1n) is 15.1. The zero-order chi connectivity index (χ0) is 30.9. The summed E-state index contributed by atoms with van der Waals surface area (Å²) in [6.45, 7) is 13.5. The average molecular weight is 650 g/mol. The van der Waals surface area contributed by atoms with Crippen LogP contribution in [0.5, 0.6) is 0 Å². The Hall–Kier alpha value is -3.37. The zero-order valence-electron chi connectivity index (χ0n) is 25.8. The van der Waals surface area contributed by atoms with Crippen LogP contribution in [0, 0.1) is 20.8 Å². The third-order valence-corrected chi connectivity index (χ3v) is 9.47. The highest BCUT2D eigenvalue weighted by Crippen LogP contribution is 2.32. The van der Waals surface area contributed by atoms with E-state index in [0.717, 1.165) is 38.1 Å². The van der Waals surface area contributed by atoms with Crippen LogP contribution in [0.1, 0.15) is 78.3 Å². The van der Waals surface area contributed by atoms with Crippen molar-refractivity contribution in [1.29, 1.82) is 0 Å².